The van der Waals surface area contributed by atoms with Gasteiger partial charge in [-0.15, -0.1) is 0 Å². The Kier molecular flexibility index (Phi) is 3.26. The van der Waals surface area contributed by atoms with Gasteiger partial charge in [-0.1, -0.05) is 0 Å². The summed E-state index contributed by atoms with van der Waals surface area (Å²) in [6.07, 6.45) is 5.19. The van der Waals surface area contributed by atoms with Gasteiger partial charge in [0.1, 0.15) is 12.4 Å². The van der Waals surface area contributed by atoms with Gasteiger partial charge < -0.3 is 14.9 Å². The number of rotatable bonds is 5. The zero-order valence-electron chi connectivity index (χ0n) is 9.22. The van der Waals surface area contributed by atoms with E-state index in [1.165, 1.54) is 0 Å². The van der Waals surface area contributed by atoms with Crippen molar-refractivity contribution in [3.8, 4) is 5.75 Å². The molecular weight excluding hydrogens is 206 g/mol. The summed E-state index contributed by atoms with van der Waals surface area (Å²) in [6.45, 7) is 3.74. The van der Waals surface area contributed by atoms with E-state index in [-0.39, 0.29) is 0 Å². The highest BCUT2D eigenvalue weighted by atomic mass is 16.5. The minimum absolute atomic E-state index is 0.398. The lowest BCUT2D eigenvalue weighted by atomic mass is 10.3. The van der Waals surface area contributed by atoms with Crippen LogP contribution in [0.3, 0.4) is 0 Å². The molecular formula is C11H15N3O2. The Morgan fingerprint density at radius 2 is 2.44 bits per heavy atom. The summed E-state index contributed by atoms with van der Waals surface area (Å²) in [5.74, 6) is 1.51. The topological polar surface area (TPSA) is 66.2 Å². The lowest BCUT2D eigenvalue weighted by Crippen LogP contribution is -1.95. The molecule has 2 rings (SSSR count). The van der Waals surface area contributed by atoms with Crippen molar-refractivity contribution in [3.05, 3.63) is 36.0 Å². The van der Waals surface area contributed by atoms with Gasteiger partial charge in [0.25, 0.3) is 0 Å². The molecule has 0 saturated carbocycles. The molecule has 0 aliphatic carbocycles. The van der Waals surface area contributed by atoms with E-state index in [2.05, 4.69) is 5.10 Å². The average molecular weight is 221 g/mol. The minimum atomic E-state index is 0.398. The van der Waals surface area contributed by atoms with Crippen LogP contribution in [0.4, 0.5) is 0 Å². The molecule has 2 aromatic heterocycles. The SMILES string of the molecule is CCn1cc(OCc2cc(CN)co2)cn1. The van der Waals surface area contributed by atoms with Gasteiger partial charge in [-0.3, -0.25) is 4.68 Å². The maximum Gasteiger partial charge on any atom is 0.157 e. The normalized spacial score (nSPS) is 10.6. The van der Waals surface area contributed by atoms with Crippen LogP contribution in [0, 0.1) is 0 Å². The Balaban J connectivity index is 1.91. The van der Waals surface area contributed by atoms with Crippen molar-refractivity contribution in [1.82, 2.24) is 9.78 Å². The monoisotopic (exact) mass is 221 g/mol. The number of aromatic nitrogens is 2. The fourth-order valence-electron chi connectivity index (χ4n) is 1.36. The molecule has 0 aliphatic heterocycles. The molecule has 16 heavy (non-hydrogen) atoms. The molecule has 0 spiro atoms. The van der Waals surface area contributed by atoms with E-state index in [9.17, 15) is 0 Å². The standard InChI is InChI=1S/C11H15N3O2/c1-2-14-6-11(5-13-14)16-8-10-3-9(4-12)7-15-10/h3,5-7H,2,4,8,12H2,1H3. The van der Waals surface area contributed by atoms with E-state index in [1.54, 1.807) is 12.5 Å². The zero-order valence-corrected chi connectivity index (χ0v) is 9.22. The highest BCUT2D eigenvalue weighted by Crippen LogP contribution is 2.13. The summed E-state index contributed by atoms with van der Waals surface area (Å²) in [4.78, 5) is 0. The number of aryl methyl sites for hydroxylation is 1. The lowest BCUT2D eigenvalue weighted by Gasteiger charge is -1.99. The molecule has 5 nitrogen and oxygen atoms in total. The smallest absolute Gasteiger partial charge is 0.157 e. The van der Waals surface area contributed by atoms with Crippen LogP contribution in [0.5, 0.6) is 5.75 Å². The van der Waals surface area contributed by atoms with Gasteiger partial charge in [-0.25, -0.2) is 0 Å². The number of nitrogens with two attached hydrogens (primary N) is 1. The molecule has 0 bridgehead atoms. The molecule has 2 N–H and O–H groups in total. The van der Waals surface area contributed by atoms with Crippen LogP contribution >= 0.6 is 0 Å². The Bertz CT molecular complexity index is 405. The van der Waals surface area contributed by atoms with Gasteiger partial charge in [0.15, 0.2) is 5.75 Å². The number of nitrogens with zero attached hydrogens (tertiary/aromatic N) is 2. The first-order valence-corrected chi connectivity index (χ1v) is 5.23. The van der Waals surface area contributed by atoms with Crippen LogP contribution in [-0.2, 0) is 19.7 Å². The van der Waals surface area contributed by atoms with Crippen LogP contribution in [-0.4, -0.2) is 9.78 Å². The molecule has 2 aromatic rings. The third-order valence-electron chi connectivity index (χ3n) is 2.26. The van der Waals surface area contributed by atoms with Crippen molar-refractivity contribution in [2.45, 2.75) is 26.6 Å². The predicted molar refractivity (Wildman–Crippen MR) is 58.8 cm³/mol. The predicted octanol–water partition coefficient (Wildman–Crippen LogP) is 1.53. The van der Waals surface area contributed by atoms with Gasteiger partial charge in [0.05, 0.1) is 18.7 Å². The summed E-state index contributed by atoms with van der Waals surface area (Å²) >= 11 is 0. The Morgan fingerprint density at radius 1 is 1.56 bits per heavy atom. The fraction of sp³-hybridized carbons (Fsp3) is 0.364. The van der Waals surface area contributed by atoms with Crippen molar-refractivity contribution in [2.24, 2.45) is 5.73 Å². The lowest BCUT2D eigenvalue weighted by molar-refractivity contribution is 0.270. The summed E-state index contributed by atoms with van der Waals surface area (Å²) in [5, 5.41) is 4.11. The second-order valence-electron chi connectivity index (χ2n) is 3.45. The highest BCUT2D eigenvalue weighted by Gasteiger charge is 2.03. The Morgan fingerprint density at radius 3 is 3.06 bits per heavy atom. The molecule has 0 saturated heterocycles. The van der Waals surface area contributed by atoms with Crippen LogP contribution in [0.25, 0.3) is 0 Å². The minimum Gasteiger partial charge on any atom is -0.482 e. The maximum absolute atomic E-state index is 5.51. The van der Waals surface area contributed by atoms with Crippen LogP contribution in [0.2, 0.25) is 0 Å². The highest BCUT2D eigenvalue weighted by molar-refractivity contribution is 5.15. The van der Waals surface area contributed by atoms with Gasteiger partial charge >= 0.3 is 0 Å². The first kappa shape index (κ1) is 10.8. The zero-order chi connectivity index (χ0) is 11.4. The van der Waals surface area contributed by atoms with Gasteiger partial charge in [0.2, 0.25) is 0 Å². The molecule has 5 heteroatoms. The van der Waals surface area contributed by atoms with E-state index in [1.807, 2.05) is 23.9 Å². The van der Waals surface area contributed by atoms with Crippen LogP contribution < -0.4 is 10.5 Å². The Labute approximate surface area is 93.8 Å². The van der Waals surface area contributed by atoms with E-state index >= 15 is 0 Å². The van der Waals surface area contributed by atoms with Gasteiger partial charge in [-0.05, 0) is 13.0 Å². The van der Waals surface area contributed by atoms with E-state index in [0.29, 0.717) is 13.2 Å². The van der Waals surface area contributed by atoms with Crippen molar-refractivity contribution < 1.29 is 9.15 Å². The number of hydrogen-bond donors (Lipinski definition) is 1. The largest absolute Gasteiger partial charge is 0.482 e. The molecule has 0 radical (unpaired) electrons. The third-order valence-corrected chi connectivity index (χ3v) is 2.26. The first-order chi connectivity index (χ1) is 7.81. The van der Waals surface area contributed by atoms with E-state index in [4.69, 9.17) is 14.9 Å². The quantitative estimate of drug-likeness (QED) is 0.831. The molecule has 86 valence electrons. The molecule has 0 amide bonds. The van der Waals surface area contributed by atoms with Crippen molar-refractivity contribution in [2.75, 3.05) is 0 Å². The first-order valence-electron chi connectivity index (χ1n) is 5.23. The average Bonchev–Trinajstić information content (AvgIpc) is 2.95. The molecule has 0 unspecified atom stereocenters. The number of furan rings is 1. The molecule has 0 aromatic carbocycles. The molecule has 0 fully saturated rings. The summed E-state index contributed by atoms with van der Waals surface area (Å²) < 4.78 is 12.6. The van der Waals surface area contributed by atoms with Crippen molar-refractivity contribution in [1.29, 1.82) is 0 Å². The van der Waals surface area contributed by atoms with E-state index in [0.717, 1.165) is 23.6 Å². The fourth-order valence-corrected chi connectivity index (χ4v) is 1.36. The number of hydrogen-bond acceptors (Lipinski definition) is 4. The molecule has 0 aliphatic rings. The molecule has 2 heterocycles. The van der Waals surface area contributed by atoms with E-state index < -0.39 is 0 Å². The third kappa shape index (κ3) is 2.43. The summed E-state index contributed by atoms with van der Waals surface area (Å²) in [6, 6.07) is 1.89. The van der Waals surface area contributed by atoms with Gasteiger partial charge in [0, 0.05) is 18.7 Å². The summed E-state index contributed by atoms with van der Waals surface area (Å²) in [5.41, 5.74) is 6.45. The number of ether oxygens (including phenoxy) is 1. The Hall–Kier alpha value is -1.75. The molecule has 0 atom stereocenters. The van der Waals surface area contributed by atoms with Crippen molar-refractivity contribution >= 4 is 0 Å². The van der Waals surface area contributed by atoms with Crippen LogP contribution in [0.15, 0.2) is 29.1 Å². The maximum atomic E-state index is 5.51. The second-order valence-corrected chi connectivity index (χ2v) is 3.45. The van der Waals surface area contributed by atoms with Crippen LogP contribution in [0.1, 0.15) is 18.2 Å². The second kappa shape index (κ2) is 4.85. The summed E-state index contributed by atoms with van der Waals surface area (Å²) in [7, 11) is 0. The van der Waals surface area contributed by atoms with Gasteiger partial charge in [-0.2, -0.15) is 5.10 Å². The van der Waals surface area contributed by atoms with Crippen molar-refractivity contribution in [3.63, 3.8) is 0 Å².